The van der Waals surface area contributed by atoms with Crippen molar-refractivity contribution >= 4 is 23.0 Å². The topological polar surface area (TPSA) is 43.8 Å². The number of aryl methyl sites for hydroxylation is 1. The van der Waals surface area contributed by atoms with E-state index < -0.39 is 0 Å². The summed E-state index contributed by atoms with van der Waals surface area (Å²) in [6.07, 6.45) is 21.4. The normalized spacial score (nSPS) is 17.5. The summed E-state index contributed by atoms with van der Waals surface area (Å²) in [5.74, 6) is 1.49. The standard InChI is InChI=1S/C32H33N3/c1-2-3-14-28-23-35(31-16-9-13-25-10-7-8-15-29(25)31)32(34-28)27-20-17-24(18-21-27)19-22-30(33)26-11-5-4-6-12-26/h2,4-8,10-13,15,17,20-24H,1,3,9,14,16,18-19,33H2/b30-22-. The Morgan fingerprint density at radius 2 is 1.91 bits per heavy atom. The van der Waals surface area contributed by atoms with Crippen molar-refractivity contribution in [1.82, 2.24) is 9.55 Å². The number of benzene rings is 2. The minimum atomic E-state index is 0.447. The molecule has 176 valence electrons. The Morgan fingerprint density at radius 3 is 2.71 bits per heavy atom. The Morgan fingerprint density at radius 1 is 1.09 bits per heavy atom. The molecule has 3 aromatic rings. The van der Waals surface area contributed by atoms with Gasteiger partial charge in [-0.25, -0.2) is 4.98 Å². The smallest absolute Gasteiger partial charge is 0.144 e. The number of imidazole rings is 1. The third-order valence-corrected chi connectivity index (χ3v) is 6.86. The molecule has 0 aliphatic heterocycles. The molecule has 2 N–H and O–H groups in total. The van der Waals surface area contributed by atoms with Gasteiger partial charge in [0.15, 0.2) is 0 Å². The van der Waals surface area contributed by atoms with E-state index in [-0.39, 0.29) is 0 Å². The molecule has 1 unspecified atom stereocenters. The maximum Gasteiger partial charge on any atom is 0.144 e. The Balaban J connectivity index is 1.42. The van der Waals surface area contributed by atoms with Gasteiger partial charge in [0.1, 0.15) is 5.82 Å². The van der Waals surface area contributed by atoms with Crippen LogP contribution >= 0.6 is 0 Å². The summed E-state index contributed by atoms with van der Waals surface area (Å²) in [5, 5.41) is 2.63. The van der Waals surface area contributed by atoms with Crippen LogP contribution < -0.4 is 16.2 Å². The predicted octanol–water partition coefficient (Wildman–Crippen LogP) is 5.58. The highest BCUT2D eigenvalue weighted by Gasteiger charge is 2.18. The largest absolute Gasteiger partial charge is 0.399 e. The zero-order valence-corrected chi connectivity index (χ0v) is 20.2. The molecule has 0 saturated heterocycles. The Kier molecular flexibility index (Phi) is 6.94. The molecule has 2 aliphatic rings. The van der Waals surface area contributed by atoms with E-state index in [1.54, 1.807) is 0 Å². The van der Waals surface area contributed by atoms with Crippen molar-refractivity contribution < 1.29 is 0 Å². The summed E-state index contributed by atoms with van der Waals surface area (Å²) < 4.78 is 2.34. The van der Waals surface area contributed by atoms with Crippen molar-refractivity contribution in [1.29, 1.82) is 0 Å². The first kappa shape index (κ1) is 22.9. The van der Waals surface area contributed by atoms with Gasteiger partial charge < -0.3 is 10.3 Å². The quantitative estimate of drug-likeness (QED) is 0.447. The summed E-state index contributed by atoms with van der Waals surface area (Å²) >= 11 is 0. The molecule has 3 nitrogen and oxygen atoms in total. The molecule has 1 atom stereocenters. The Hall–Kier alpha value is -3.85. The van der Waals surface area contributed by atoms with Crippen LogP contribution in [0.25, 0.3) is 23.0 Å². The molecule has 35 heavy (non-hydrogen) atoms. The van der Waals surface area contributed by atoms with Crippen LogP contribution in [0.2, 0.25) is 0 Å². The van der Waals surface area contributed by atoms with Gasteiger partial charge in [0.05, 0.1) is 5.69 Å². The summed E-state index contributed by atoms with van der Waals surface area (Å²) in [6, 6.07) is 18.9. The lowest BCUT2D eigenvalue weighted by Gasteiger charge is -2.18. The zero-order valence-electron chi connectivity index (χ0n) is 20.2. The second-order valence-corrected chi connectivity index (χ2v) is 9.31. The first-order valence-corrected chi connectivity index (χ1v) is 12.6. The summed E-state index contributed by atoms with van der Waals surface area (Å²) in [5.41, 5.74) is 11.9. The minimum absolute atomic E-state index is 0.447. The number of aromatic nitrogens is 2. The molecule has 0 amide bonds. The lowest BCUT2D eigenvalue weighted by atomic mass is 9.92. The molecule has 3 heteroatoms. The third-order valence-electron chi connectivity index (χ3n) is 6.86. The summed E-state index contributed by atoms with van der Waals surface area (Å²) in [4.78, 5) is 5.09. The number of rotatable bonds is 8. The molecular weight excluding hydrogens is 426 g/mol. The van der Waals surface area contributed by atoms with E-state index in [2.05, 4.69) is 84.1 Å². The number of hydrogen-bond acceptors (Lipinski definition) is 2. The first-order valence-electron chi connectivity index (χ1n) is 12.6. The average molecular weight is 460 g/mol. The maximum atomic E-state index is 6.31. The van der Waals surface area contributed by atoms with Crippen molar-refractivity contribution in [2.24, 2.45) is 11.7 Å². The lowest BCUT2D eigenvalue weighted by Crippen LogP contribution is -2.31. The molecule has 0 bridgehead atoms. The molecule has 0 fully saturated rings. The number of nitrogens with zero attached hydrogens (tertiary/aromatic N) is 2. The van der Waals surface area contributed by atoms with E-state index in [1.165, 1.54) is 21.7 Å². The van der Waals surface area contributed by atoms with Gasteiger partial charge in [-0.2, -0.15) is 0 Å². The van der Waals surface area contributed by atoms with Crippen LogP contribution in [0.3, 0.4) is 0 Å². The van der Waals surface area contributed by atoms with Crippen LogP contribution in [-0.2, 0) is 6.42 Å². The maximum absolute atomic E-state index is 6.31. The van der Waals surface area contributed by atoms with Crippen LogP contribution in [0.5, 0.6) is 0 Å². The van der Waals surface area contributed by atoms with E-state index in [0.29, 0.717) is 5.92 Å². The van der Waals surface area contributed by atoms with E-state index >= 15 is 0 Å². The fraction of sp³-hybridized carbons (Fsp3) is 0.219. The lowest BCUT2D eigenvalue weighted by molar-refractivity contribution is 0.670. The first-order chi connectivity index (χ1) is 17.2. The molecule has 5 rings (SSSR count). The molecule has 0 saturated carbocycles. The fourth-order valence-electron chi connectivity index (χ4n) is 4.93. The van der Waals surface area contributed by atoms with E-state index in [9.17, 15) is 0 Å². The third kappa shape index (κ3) is 5.14. The van der Waals surface area contributed by atoms with Crippen molar-refractivity contribution in [3.8, 4) is 0 Å². The van der Waals surface area contributed by atoms with Crippen molar-refractivity contribution in [3.05, 3.63) is 125 Å². The molecule has 2 aliphatic carbocycles. The number of hydrogen-bond donors (Lipinski definition) is 1. The van der Waals surface area contributed by atoms with Gasteiger partial charge in [0.25, 0.3) is 0 Å². The van der Waals surface area contributed by atoms with Crippen LogP contribution in [0.15, 0.2) is 97.8 Å². The van der Waals surface area contributed by atoms with E-state index in [4.69, 9.17) is 10.7 Å². The second-order valence-electron chi connectivity index (χ2n) is 9.31. The van der Waals surface area contributed by atoms with E-state index in [1.807, 2.05) is 24.3 Å². The van der Waals surface area contributed by atoms with Gasteiger partial charge in [-0.15, -0.1) is 6.58 Å². The highest BCUT2D eigenvalue weighted by Crippen LogP contribution is 2.29. The Bertz CT molecular complexity index is 1420. The SMILES string of the molecule is C=CCCc1cn(C2=c3ccccc3=CCC2)c(C2=CCC(C/C=C(\N)c3ccccc3)C=C2)n1. The Labute approximate surface area is 208 Å². The second kappa shape index (κ2) is 10.6. The number of nitrogens with two attached hydrogens (primary N) is 1. The van der Waals surface area contributed by atoms with Gasteiger partial charge in [-0.05, 0) is 55.2 Å². The highest BCUT2D eigenvalue weighted by atomic mass is 15.1. The van der Waals surface area contributed by atoms with Gasteiger partial charge in [0.2, 0.25) is 0 Å². The van der Waals surface area contributed by atoms with Crippen LogP contribution in [0.1, 0.15) is 49.2 Å². The molecule has 2 aromatic carbocycles. The predicted molar refractivity (Wildman–Crippen MR) is 147 cm³/mol. The molecule has 1 aromatic heterocycles. The molecule has 1 heterocycles. The van der Waals surface area contributed by atoms with Gasteiger partial charge in [0, 0.05) is 28.4 Å². The molecule has 0 spiro atoms. The number of allylic oxidation sites excluding steroid dienone is 6. The molecular formula is C32H33N3. The van der Waals surface area contributed by atoms with Gasteiger partial charge in [-0.1, -0.05) is 91.1 Å². The van der Waals surface area contributed by atoms with Crippen LogP contribution in [0, 0.1) is 5.92 Å². The summed E-state index contributed by atoms with van der Waals surface area (Å²) in [7, 11) is 0. The van der Waals surface area contributed by atoms with Crippen molar-refractivity contribution in [2.45, 2.75) is 38.5 Å². The van der Waals surface area contributed by atoms with Crippen LogP contribution in [-0.4, -0.2) is 9.55 Å². The highest BCUT2D eigenvalue weighted by molar-refractivity contribution is 5.74. The van der Waals surface area contributed by atoms with Crippen LogP contribution in [0.4, 0.5) is 0 Å². The summed E-state index contributed by atoms with van der Waals surface area (Å²) in [6.45, 7) is 3.89. The monoisotopic (exact) mass is 459 g/mol. The average Bonchev–Trinajstić information content (AvgIpc) is 3.35. The molecule has 0 radical (unpaired) electrons. The van der Waals surface area contributed by atoms with Gasteiger partial charge in [-0.3, -0.25) is 0 Å². The minimum Gasteiger partial charge on any atom is -0.399 e. The van der Waals surface area contributed by atoms with Crippen molar-refractivity contribution in [2.75, 3.05) is 0 Å². The fourth-order valence-corrected chi connectivity index (χ4v) is 4.93. The van der Waals surface area contributed by atoms with E-state index in [0.717, 1.165) is 61.3 Å². The van der Waals surface area contributed by atoms with Gasteiger partial charge >= 0.3 is 0 Å². The zero-order chi connectivity index (χ0) is 24.0. The van der Waals surface area contributed by atoms with Crippen molar-refractivity contribution in [3.63, 3.8) is 0 Å². The number of fused-ring (bicyclic) bond motifs is 1.